The zero-order valence-electron chi connectivity index (χ0n) is 14.0. The van der Waals surface area contributed by atoms with Crippen molar-refractivity contribution in [1.29, 1.82) is 0 Å². The van der Waals surface area contributed by atoms with E-state index in [2.05, 4.69) is 17.0 Å². The molecule has 1 unspecified atom stereocenters. The minimum absolute atomic E-state index is 0.0362. The summed E-state index contributed by atoms with van der Waals surface area (Å²) in [6.45, 7) is 4.76. The van der Waals surface area contributed by atoms with Crippen LogP contribution in [0.5, 0.6) is 5.75 Å². The predicted molar refractivity (Wildman–Crippen MR) is 88.7 cm³/mol. The lowest BCUT2D eigenvalue weighted by Crippen LogP contribution is -2.65. The first-order chi connectivity index (χ1) is 11.3. The minimum Gasteiger partial charge on any atom is -0.496 e. The van der Waals surface area contributed by atoms with E-state index in [1.165, 1.54) is 18.4 Å². The van der Waals surface area contributed by atoms with Gasteiger partial charge in [-0.3, -0.25) is 4.90 Å². The highest BCUT2D eigenvalue weighted by Crippen LogP contribution is 2.38. The summed E-state index contributed by atoms with van der Waals surface area (Å²) in [5.74, 6) is 1.82. The third-order valence-corrected chi connectivity index (χ3v) is 5.32. The SMILES string of the molecule is COc1ccccc1CN1CC2(CC(OCC3CC3)CCO2)C1. The first kappa shape index (κ1) is 15.4. The van der Waals surface area contributed by atoms with E-state index in [1.54, 1.807) is 7.11 Å². The van der Waals surface area contributed by atoms with Gasteiger partial charge in [-0.15, -0.1) is 0 Å². The molecule has 23 heavy (non-hydrogen) atoms. The van der Waals surface area contributed by atoms with Crippen LogP contribution in [0.3, 0.4) is 0 Å². The first-order valence-electron chi connectivity index (χ1n) is 8.86. The van der Waals surface area contributed by atoms with E-state index in [-0.39, 0.29) is 5.60 Å². The molecule has 0 amide bonds. The fourth-order valence-corrected chi connectivity index (χ4v) is 3.86. The summed E-state index contributed by atoms with van der Waals surface area (Å²) in [5, 5.41) is 0. The Balaban J connectivity index is 1.29. The number of nitrogens with zero attached hydrogens (tertiary/aromatic N) is 1. The molecule has 1 spiro atoms. The van der Waals surface area contributed by atoms with Crippen LogP contribution in [0.25, 0.3) is 0 Å². The molecule has 0 aromatic heterocycles. The molecular formula is C19H27NO3. The number of benzene rings is 1. The Labute approximate surface area is 138 Å². The zero-order valence-corrected chi connectivity index (χ0v) is 14.0. The molecule has 3 aliphatic rings. The van der Waals surface area contributed by atoms with E-state index in [0.29, 0.717) is 6.10 Å². The van der Waals surface area contributed by atoms with Crippen LogP contribution >= 0.6 is 0 Å². The topological polar surface area (TPSA) is 30.9 Å². The molecule has 1 aromatic carbocycles. The highest BCUT2D eigenvalue weighted by atomic mass is 16.5. The van der Waals surface area contributed by atoms with Crippen molar-refractivity contribution >= 4 is 0 Å². The van der Waals surface area contributed by atoms with Crippen molar-refractivity contribution in [2.45, 2.75) is 43.9 Å². The fourth-order valence-electron chi connectivity index (χ4n) is 3.86. The van der Waals surface area contributed by atoms with Gasteiger partial charge in [-0.25, -0.2) is 0 Å². The Morgan fingerprint density at radius 2 is 2.04 bits per heavy atom. The fraction of sp³-hybridized carbons (Fsp3) is 0.684. The zero-order chi connectivity index (χ0) is 15.7. The molecule has 1 aliphatic carbocycles. The molecule has 0 radical (unpaired) electrons. The smallest absolute Gasteiger partial charge is 0.123 e. The molecule has 2 heterocycles. The average Bonchev–Trinajstić information content (AvgIpc) is 3.37. The van der Waals surface area contributed by atoms with Crippen LogP contribution in [0.4, 0.5) is 0 Å². The summed E-state index contributed by atoms with van der Waals surface area (Å²) < 4.78 is 17.7. The van der Waals surface area contributed by atoms with Crippen LogP contribution < -0.4 is 4.74 Å². The second-order valence-corrected chi connectivity index (χ2v) is 7.38. The highest BCUT2D eigenvalue weighted by molar-refractivity contribution is 5.33. The second-order valence-electron chi connectivity index (χ2n) is 7.38. The molecule has 4 heteroatoms. The molecule has 3 fully saturated rings. The summed E-state index contributed by atoms with van der Waals surface area (Å²) in [6, 6.07) is 8.27. The molecule has 4 rings (SSSR count). The predicted octanol–water partition coefficient (Wildman–Crippen LogP) is 2.86. The van der Waals surface area contributed by atoms with Gasteiger partial charge in [0.15, 0.2) is 0 Å². The normalized spacial score (nSPS) is 26.9. The van der Waals surface area contributed by atoms with Crippen molar-refractivity contribution in [1.82, 2.24) is 4.90 Å². The summed E-state index contributed by atoms with van der Waals surface area (Å²) >= 11 is 0. The number of hydrogen-bond donors (Lipinski definition) is 0. The van der Waals surface area contributed by atoms with Crippen molar-refractivity contribution in [3.63, 3.8) is 0 Å². The molecule has 0 bridgehead atoms. The lowest BCUT2D eigenvalue weighted by Gasteiger charge is -2.53. The second kappa shape index (κ2) is 6.42. The molecule has 4 nitrogen and oxygen atoms in total. The van der Waals surface area contributed by atoms with Gasteiger partial charge in [-0.2, -0.15) is 0 Å². The third kappa shape index (κ3) is 3.54. The summed E-state index contributed by atoms with van der Waals surface area (Å²) in [4.78, 5) is 2.45. The first-order valence-corrected chi connectivity index (χ1v) is 8.86. The van der Waals surface area contributed by atoms with Crippen LogP contribution in [0.1, 0.15) is 31.2 Å². The van der Waals surface area contributed by atoms with Crippen molar-refractivity contribution in [2.75, 3.05) is 33.4 Å². The van der Waals surface area contributed by atoms with Gasteiger partial charge in [-0.05, 0) is 31.2 Å². The maximum absolute atomic E-state index is 6.13. The standard InChI is InChI=1S/C19H27NO3/c1-21-18-5-3-2-4-16(18)11-20-13-19(14-20)10-17(8-9-23-19)22-12-15-6-7-15/h2-5,15,17H,6-14H2,1H3. The quantitative estimate of drug-likeness (QED) is 0.807. The average molecular weight is 317 g/mol. The maximum Gasteiger partial charge on any atom is 0.123 e. The van der Waals surface area contributed by atoms with Gasteiger partial charge in [0.1, 0.15) is 5.75 Å². The Bertz CT molecular complexity index is 537. The monoisotopic (exact) mass is 317 g/mol. The summed E-state index contributed by atoms with van der Waals surface area (Å²) in [7, 11) is 1.74. The molecule has 2 aliphatic heterocycles. The van der Waals surface area contributed by atoms with Crippen molar-refractivity contribution < 1.29 is 14.2 Å². The van der Waals surface area contributed by atoms with Gasteiger partial charge in [0.25, 0.3) is 0 Å². The molecule has 1 atom stereocenters. The number of likely N-dealkylation sites (tertiary alicyclic amines) is 1. The maximum atomic E-state index is 6.13. The summed E-state index contributed by atoms with van der Waals surface area (Å²) in [6.07, 6.45) is 5.24. The number of methoxy groups -OCH3 is 1. The minimum atomic E-state index is 0.0362. The van der Waals surface area contributed by atoms with Crippen LogP contribution in [-0.4, -0.2) is 50.0 Å². The van der Waals surface area contributed by atoms with E-state index >= 15 is 0 Å². The van der Waals surface area contributed by atoms with Gasteiger partial charge >= 0.3 is 0 Å². The Hall–Kier alpha value is -1.10. The van der Waals surface area contributed by atoms with Crippen molar-refractivity contribution in [2.24, 2.45) is 5.92 Å². The Morgan fingerprint density at radius 3 is 2.83 bits per heavy atom. The van der Waals surface area contributed by atoms with E-state index in [1.807, 2.05) is 12.1 Å². The Morgan fingerprint density at radius 1 is 1.22 bits per heavy atom. The van der Waals surface area contributed by atoms with Crippen LogP contribution in [0.2, 0.25) is 0 Å². The highest BCUT2D eigenvalue weighted by Gasteiger charge is 2.47. The Kier molecular flexibility index (Phi) is 4.31. The molecule has 2 saturated heterocycles. The van der Waals surface area contributed by atoms with Crippen molar-refractivity contribution in [3.05, 3.63) is 29.8 Å². The lowest BCUT2D eigenvalue weighted by molar-refractivity contribution is -0.199. The number of hydrogen-bond acceptors (Lipinski definition) is 4. The number of para-hydroxylation sites is 1. The largest absolute Gasteiger partial charge is 0.496 e. The van der Waals surface area contributed by atoms with Crippen LogP contribution in [0.15, 0.2) is 24.3 Å². The van der Waals surface area contributed by atoms with Crippen molar-refractivity contribution in [3.8, 4) is 5.75 Å². The van der Waals surface area contributed by atoms with E-state index in [4.69, 9.17) is 14.2 Å². The molecule has 126 valence electrons. The van der Waals surface area contributed by atoms with E-state index in [9.17, 15) is 0 Å². The molecule has 0 N–H and O–H groups in total. The van der Waals surface area contributed by atoms with E-state index in [0.717, 1.165) is 57.4 Å². The van der Waals surface area contributed by atoms with Crippen LogP contribution in [0, 0.1) is 5.92 Å². The van der Waals surface area contributed by atoms with Gasteiger partial charge in [0.05, 0.1) is 18.8 Å². The van der Waals surface area contributed by atoms with Gasteiger partial charge in [0.2, 0.25) is 0 Å². The number of ether oxygens (including phenoxy) is 3. The molecule has 1 saturated carbocycles. The number of rotatable bonds is 6. The molecular weight excluding hydrogens is 290 g/mol. The van der Waals surface area contributed by atoms with Crippen LogP contribution in [-0.2, 0) is 16.0 Å². The molecule has 1 aromatic rings. The third-order valence-electron chi connectivity index (χ3n) is 5.32. The van der Waals surface area contributed by atoms with Gasteiger partial charge in [-0.1, -0.05) is 18.2 Å². The summed E-state index contributed by atoms with van der Waals surface area (Å²) in [5.41, 5.74) is 1.29. The van der Waals surface area contributed by atoms with E-state index < -0.39 is 0 Å². The van der Waals surface area contributed by atoms with Gasteiger partial charge < -0.3 is 14.2 Å². The van der Waals surface area contributed by atoms with Gasteiger partial charge in [0, 0.05) is 44.8 Å². The lowest BCUT2D eigenvalue weighted by atomic mass is 9.84.